The predicted octanol–water partition coefficient (Wildman–Crippen LogP) is 6.48. The van der Waals surface area contributed by atoms with Gasteiger partial charge in [-0.15, -0.1) is 11.8 Å². The Morgan fingerprint density at radius 1 is 0.929 bits per heavy atom. The highest BCUT2D eigenvalue weighted by molar-refractivity contribution is 8.00. The molecule has 0 N–H and O–H groups in total. The van der Waals surface area contributed by atoms with Crippen molar-refractivity contribution >= 4 is 17.7 Å². The smallest absolute Gasteiger partial charge is 0.459 e. The fourth-order valence-corrected chi connectivity index (χ4v) is 3.17. The molecule has 0 aromatic heterocycles. The highest BCUT2D eigenvalue weighted by atomic mass is 32.2. The number of ether oxygens (including phenoxy) is 1. The molecule has 0 saturated carbocycles. The largest absolute Gasteiger partial charge is 0.460 e. The van der Waals surface area contributed by atoms with E-state index in [4.69, 9.17) is 4.74 Å². The summed E-state index contributed by atoms with van der Waals surface area (Å²) in [5.74, 6) is -20.0. The second-order valence-electron chi connectivity index (χ2n) is 7.14. The Morgan fingerprint density at radius 3 is 1.82 bits per heavy atom. The molecule has 0 aromatic carbocycles. The molecule has 1 unspecified atom stereocenters. The van der Waals surface area contributed by atoms with Gasteiger partial charge in [-0.25, -0.2) is 0 Å². The van der Waals surface area contributed by atoms with Crippen molar-refractivity contribution < 1.29 is 49.0 Å². The second-order valence-corrected chi connectivity index (χ2v) is 8.45. The third kappa shape index (κ3) is 6.91. The van der Waals surface area contributed by atoms with E-state index >= 15 is 0 Å². The maximum atomic E-state index is 13.5. The van der Waals surface area contributed by atoms with Crippen LogP contribution >= 0.6 is 11.8 Å². The molecule has 0 aliphatic rings. The molecule has 12 heteroatoms. The molecule has 0 spiro atoms. The third-order valence-electron chi connectivity index (χ3n) is 3.38. The van der Waals surface area contributed by atoms with Gasteiger partial charge in [0.2, 0.25) is 0 Å². The first kappa shape index (κ1) is 27.2. The minimum atomic E-state index is -6.88. The van der Waals surface area contributed by atoms with Crippen LogP contribution in [-0.4, -0.2) is 46.5 Å². The topological polar surface area (TPSA) is 26.3 Å². The zero-order valence-electron chi connectivity index (χ0n) is 15.7. The highest BCUT2D eigenvalue weighted by Gasteiger charge is 2.81. The van der Waals surface area contributed by atoms with E-state index in [-0.39, 0.29) is 12.2 Å². The summed E-state index contributed by atoms with van der Waals surface area (Å²) in [5, 5.41) is -0.796. The van der Waals surface area contributed by atoms with Gasteiger partial charge < -0.3 is 4.74 Å². The van der Waals surface area contributed by atoms with Crippen molar-refractivity contribution in [3.63, 3.8) is 0 Å². The van der Waals surface area contributed by atoms with Gasteiger partial charge in [0, 0.05) is 6.42 Å². The number of halogens is 9. The number of hydrogen-bond acceptors (Lipinski definition) is 3. The molecule has 0 radical (unpaired) electrons. The fourth-order valence-electron chi connectivity index (χ4n) is 1.98. The van der Waals surface area contributed by atoms with Gasteiger partial charge in [0.05, 0.1) is 0 Å². The zero-order chi connectivity index (χ0) is 22.6. The lowest BCUT2D eigenvalue weighted by molar-refractivity contribution is -0.396. The van der Waals surface area contributed by atoms with E-state index in [2.05, 4.69) is 0 Å². The van der Waals surface area contributed by atoms with Gasteiger partial charge in [-0.05, 0) is 39.4 Å². The summed E-state index contributed by atoms with van der Waals surface area (Å²) in [7, 11) is 0. The highest BCUT2D eigenvalue weighted by Crippen LogP contribution is 2.54. The standard InChI is InChI=1S/C16H23F9O2S/c1-5-7-10(11(26)27-12(2,3)4)28-9-6-8-13(17,18)14(19,20)15(21,22)16(23,24)25/h10H,5-9H2,1-4H3. The van der Waals surface area contributed by atoms with E-state index in [0.29, 0.717) is 6.42 Å². The number of hydrogen-bond donors (Lipinski definition) is 0. The molecule has 2 nitrogen and oxygen atoms in total. The van der Waals surface area contributed by atoms with E-state index in [0.717, 1.165) is 11.8 Å². The molecule has 0 aliphatic carbocycles. The number of rotatable bonds is 10. The van der Waals surface area contributed by atoms with Crippen LogP contribution in [0.4, 0.5) is 39.5 Å². The van der Waals surface area contributed by atoms with Crippen molar-refractivity contribution in [2.75, 3.05) is 5.75 Å². The zero-order valence-corrected chi connectivity index (χ0v) is 16.6. The molecule has 0 fully saturated rings. The predicted molar refractivity (Wildman–Crippen MR) is 87.1 cm³/mol. The summed E-state index contributed by atoms with van der Waals surface area (Å²) in [5.41, 5.74) is -0.818. The molecule has 0 heterocycles. The van der Waals surface area contributed by atoms with Crippen LogP contribution in [0.5, 0.6) is 0 Å². The minimum absolute atomic E-state index is 0.290. The van der Waals surface area contributed by atoms with E-state index in [1.165, 1.54) is 0 Å². The monoisotopic (exact) mass is 450 g/mol. The van der Waals surface area contributed by atoms with Crippen molar-refractivity contribution in [3.05, 3.63) is 0 Å². The first-order valence-corrected chi connectivity index (χ1v) is 9.39. The van der Waals surface area contributed by atoms with Gasteiger partial charge in [-0.2, -0.15) is 39.5 Å². The molecular formula is C16H23F9O2S. The molecule has 0 bridgehead atoms. The van der Waals surface area contributed by atoms with Gasteiger partial charge in [-0.1, -0.05) is 13.3 Å². The van der Waals surface area contributed by atoms with E-state index in [1.54, 1.807) is 27.7 Å². The Morgan fingerprint density at radius 2 is 1.43 bits per heavy atom. The van der Waals surface area contributed by atoms with E-state index in [1.807, 2.05) is 0 Å². The van der Waals surface area contributed by atoms with Crippen LogP contribution in [-0.2, 0) is 9.53 Å². The average molecular weight is 450 g/mol. The molecule has 28 heavy (non-hydrogen) atoms. The SMILES string of the molecule is CCCC(SCCCC(F)(F)C(F)(F)C(F)(F)C(F)(F)F)C(=O)OC(C)(C)C. The van der Waals surface area contributed by atoms with E-state index < -0.39 is 53.6 Å². The van der Waals surface area contributed by atoms with Crippen molar-refractivity contribution in [2.24, 2.45) is 0 Å². The Kier molecular flexibility index (Phi) is 9.07. The summed E-state index contributed by atoms with van der Waals surface area (Å²) in [6, 6.07) is 0. The normalized spacial score (nSPS) is 15.5. The molecule has 0 saturated heterocycles. The summed E-state index contributed by atoms with van der Waals surface area (Å²) in [4.78, 5) is 12.0. The third-order valence-corrected chi connectivity index (χ3v) is 4.74. The van der Waals surface area contributed by atoms with Crippen LogP contribution in [0.3, 0.4) is 0 Å². The lowest BCUT2D eigenvalue weighted by atomic mass is 10.00. The molecular weight excluding hydrogens is 427 g/mol. The van der Waals surface area contributed by atoms with Crippen LogP contribution in [0, 0.1) is 0 Å². The number of carbonyl (C=O) groups excluding carboxylic acids is 1. The van der Waals surface area contributed by atoms with E-state index in [9.17, 15) is 44.3 Å². The summed E-state index contributed by atoms with van der Waals surface area (Å²) in [6.45, 7) is 6.53. The summed E-state index contributed by atoms with van der Waals surface area (Å²) in [6.07, 6.45) is -8.71. The van der Waals surface area contributed by atoms with Crippen LogP contribution in [0.25, 0.3) is 0 Å². The maximum Gasteiger partial charge on any atom is 0.460 e. The van der Waals surface area contributed by atoms with Crippen molar-refractivity contribution in [2.45, 2.75) is 88.2 Å². The Hall–Kier alpha value is -0.810. The average Bonchev–Trinajstić information content (AvgIpc) is 2.46. The van der Waals surface area contributed by atoms with Gasteiger partial charge >= 0.3 is 29.9 Å². The molecule has 1 atom stereocenters. The number of carbonyl (C=O) groups is 1. The number of alkyl halides is 9. The summed E-state index contributed by atoms with van der Waals surface area (Å²) >= 11 is 0.797. The second kappa shape index (κ2) is 9.34. The summed E-state index contributed by atoms with van der Waals surface area (Å²) < 4.78 is 120. The number of thioether (sulfide) groups is 1. The lowest BCUT2D eigenvalue weighted by Gasteiger charge is -2.33. The van der Waals surface area contributed by atoms with Crippen molar-refractivity contribution in [3.8, 4) is 0 Å². The Balaban J connectivity index is 4.93. The minimum Gasteiger partial charge on any atom is -0.459 e. The first-order valence-electron chi connectivity index (χ1n) is 8.35. The van der Waals surface area contributed by atoms with Crippen LogP contribution in [0.15, 0.2) is 0 Å². The van der Waals surface area contributed by atoms with Crippen molar-refractivity contribution in [1.82, 2.24) is 0 Å². The fraction of sp³-hybridized carbons (Fsp3) is 0.938. The molecule has 168 valence electrons. The Bertz CT molecular complexity index is 513. The maximum absolute atomic E-state index is 13.5. The van der Waals surface area contributed by atoms with Gasteiger partial charge in [0.1, 0.15) is 10.9 Å². The van der Waals surface area contributed by atoms with Gasteiger partial charge in [-0.3, -0.25) is 4.79 Å². The van der Waals surface area contributed by atoms with Crippen LogP contribution < -0.4 is 0 Å². The first-order chi connectivity index (χ1) is 12.3. The quantitative estimate of drug-likeness (QED) is 0.217. The molecule has 0 rings (SSSR count). The van der Waals surface area contributed by atoms with Gasteiger partial charge in [0.25, 0.3) is 0 Å². The lowest BCUT2D eigenvalue weighted by Crippen LogP contribution is -2.60. The molecule has 0 amide bonds. The van der Waals surface area contributed by atoms with Crippen LogP contribution in [0.2, 0.25) is 0 Å². The molecule has 0 aromatic rings. The van der Waals surface area contributed by atoms with Crippen LogP contribution in [0.1, 0.15) is 53.4 Å². The van der Waals surface area contributed by atoms with Crippen molar-refractivity contribution in [1.29, 1.82) is 0 Å². The number of esters is 1. The molecule has 0 aliphatic heterocycles. The Labute approximate surface area is 161 Å². The van der Waals surface area contributed by atoms with Gasteiger partial charge in [0.15, 0.2) is 0 Å².